The normalized spacial score (nSPS) is 26.5. The van der Waals surface area contributed by atoms with E-state index in [9.17, 15) is 13.2 Å². The fraction of sp³-hybridized carbons (Fsp3) is 0.588. The number of sulfonamides is 1. The van der Waals surface area contributed by atoms with Crippen LogP contribution < -0.4 is 4.31 Å². The molecule has 3 rings (SSSR count). The minimum Gasteiger partial charge on any atom is -0.377 e. The lowest BCUT2D eigenvalue weighted by molar-refractivity contribution is -0.0249. The highest BCUT2D eigenvalue weighted by Gasteiger charge is 2.32. The molecule has 1 amide bonds. The van der Waals surface area contributed by atoms with Crippen LogP contribution in [0.3, 0.4) is 0 Å². The Morgan fingerprint density at radius 1 is 1.20 bits per heavy atom. The highest BCUT2D eigenvalue weighted by atomic mass is 35.5. The molecule has 0 N–H and O–H groups in total. The van der Waals surface area contributed by atoms with Crippen LogP contribution in [-0.2, 0) is 14.8 Å². The predicted molar refractivity (Wildman–Crippen MR) is 97.7 cm³/mol. The summed E-state index contributed by atoms with van der Waals surface area (Å²) in [5, 5.41) is 0.328. The van der Waals surface area contributed by atoms with Crippen LogP contribution in [0, 0.1) is 0 Å². The molecular formula is C17H23ClN2O4S. The van der Waals surface area contributed by atoms with Crippen LogP contribution in [0.15, 0.2) is 18.2 Å². The van der Waals surface area contributed by atoms with E-state index in [4.69, 9.17) is 16.3 Å². The third-order valence-electron chi connectivity index (χ3n) is 4.72. The Morgan fingerprint density at radius 2 is 1.88 bits per heavy atom. The number of benzene rings is 1. The van der Waals surface area contributed by atoms with Gasteiger partial charge in [0, 0.05) is 6.54 Å². The van der Waals surface area contributed by atoms with Gasteiger partial charge in [-0.2, -0.15) is 0 Å². The van der Waals surface area contributed by atoms with Crippen molar-refractivity contribution in [3.63, 3.8) is 0 Å². The molecule has 1 aromatic rings. The third kappa shape index (κ3) is 3.64. The van der Waals surface area contributed by atoms with Crippen molar-refractivity contribution in [3.8, 4) is 0 Å². The van der Waals surface area contributed by atoms with Gasteiger partial charge in [0.05, 0.1) is 47.3 Å². The quantitative estimate of drug-likeness (QED) is 0.783. The van der Waals surface area contributed by atoms with Gasteiger partial charge in [-0.15, -0.1) is 0 Å². The van der Waals surface area contributed by atoms with Crippen molar-refractivity contribution >= 4 is 33.2 Å². The number of rotatable bonds is 2. The standard InChI is InChI=1S/C17H23ClN2O4S/c1-12-10-24-11-13(2)20(12)17(21)15-9-14(5-6-16(15)18)19-7-3-4-8-25(19,22)23/h5-6,9,12-13H,3-4,7-8,10-11H2,1-2H3. The molecule has 2 fully saturated rings. The van der Waals surface area contributed by atoms with Gasteiger partial charge in [0.1, 0.15) is 0 Å². The van der Waals surface area contributed by atoms with E-state index in [0.717, 1.165) is 6.42 Å². The number of halogens is 1. The van der Waals surface area contributed by atoms with Gasteiger partial charge >= 0.3 is 0 Å². The lowest BCUT2D eigenvalue weighted by Crippen LogP contribution is -2.52. The fourth-order valence-electron chi connectivity index (χ4n) is 3.45. The number of carbonyl (C=O) groups excluding carboxylic acids is 1. The van der Waals surface area contributed by atoms with E-state index < -0.39 is 10.0 Å². The molecule has 2 saturated heterocycles. The largest absolute Gasteiger partial charge is 0.377 e. The van der Waals surface area contributed by atoms with E-state index in [-0.39, 0.29) is 23.7 Å². The van der Waals surface area contributed by atoms with Crippen molar-refractivity contribution in [1.82, 2.24) is 4.90 Å². The summed E-state index contributed by atoms with van der Waals surface area (Å²) in [5.41, 5.74) is 0.835. The van der Waals surface area contributed by atoms with E-state index in [2.05, 4.69) is 0 Å². The van der Waals surface area contributed by atoms with Gasteiger partial charge in [-0.05, 0) is 44.9 Å². The summed E-state index contributed by atoms with van der Waals surface area (Å²) in [6, 6.07) is 4.74. The lowest BCUT2D eigenvalue weighted by atomic mass is 10.1. The average Bonchev–Trinajstić information content (AvgIpc) is 2.55. The van der Waals surface area contributed by atoms with Crippen molar-refractivity contribution in [3.05, 3.63) is 28.8 Å². The molecule has 2 heterocycles. The molecule has 0 bridgehead atoms. The highest BCUT2D eigenvalue weighted by molar-refractivity contribution is 7.92. The lowest BCUT2D eigenvalue weighted by Gasteiger charge is -2.39. The number of hydrogen-bond donors (Lipinski definition) is 0. The average molecular weight is 387 g/mol. The topological polar surface area (TPSA) is 66.9 Å². The summed E-state index contributed by atoms with van der Waals surface area (Å²) >= 11 is 6.27. The fourth-order valence-corrected chi connectivity index (χ4v) is 5.28. The maximum Gasteiger partial charge on any atom is 0.256 e. The number of hydrogen-bond acceptors (Lipinski definition) is 4. The van der Waals surface area contributed by atoms with E-state index in [1.165, 1.54) is 4.31 Å². The third-order valence-corrected chi connectivity index (χ3v) is 6.92. The zero-order valence-corrected chi connectivity index (χ0v) is 16.0. The second kappa shape index (κ2) is 7.13. The van der Waals surface area contributed by atoms with Crippen LogP contribution in [0.25, 0.3) is 0 Å². The van der Waals surface area contributed by atoms with E-state index in [0.29, 0.717) is 42.5 Å². The van der Waals surface area contributed by atoms with Crippen LogP contribution in [0.1, 0.15) is 37.0 Å². The van der Waals surface area contributed by atoms with Gasteiger partial charge in [-0.1, -0.05) is 11.6 Å². The van der Waals surface area contributed by atoms with Gasteiger partial charge < -0.3 is 9.64 Å². The van der Waals surface area contributed by atoms with Crippen LogP contribution in [0.4, 0.5) is 5.69 Å². The molecule has 2 aliphatic rings. The van der Waals surface area contributed by atoms with Crippen LogP contribution in [0.2, 0.25) is 5.02 Å². The Balaban J connectivity index is 1.95. The molecule has 0 aliphatic carbocycles. The summed E-state index contributed by atoms with van der Waals surface area (Å²) in [5.74, 6) is -0.0549. The number of morpholine rings is 1. The Kier molecular flexibility index (Phi) is 5.27. The summed E-state index contributed by atoms with van der Waals surface area (Å²) in [4.78, 5) is 14.8. The summed E-state index contributed by atoms with van der Waals surface area (Å²) in [6.45, 7) is 5.25. The van der Waals surface area contributed by atoms with Crippen LogP contribution in [0.5, 0.6) is 0 Å². The summed E-state index contributed by atoms with van der Waals surface area (Å²) in [6.07, 6.45) is 1.48. The van der Waals surface area contributed by atoms with Crippen molar-refractivity contribution < 1.29 is 17.9 Å². The number of amides is 1. The molecule has 0 radical (unpaired) electrons. The number of ether oxygens (including phenoxy) is 1. The number of nitrogens with zero attached hydrogens (tertiary/aromatic N) is 2. The first-order valence-electron chi connectivity index (χ1n) is 8.51. The molecule has 6 nitrogen and oxygen atoms in total. The van der Waals surface area contributed by atoms with E-state index in [1.807, 2.05) is 13.8 Å². The SMILES string of the molecule is CC1COCC(C)N1C(=O)c1cc(N2CCCCS2(=O)=O)ccc1Cl. The molecule has 0 spiro atoms. The molecule has 1 aromatic carbocycles. The second-order valence-corrected chi connectivity index (χ2v) is 9.13. The van der Waals surface area contributed by atoms with Gasteiger partial charge in [0.15, 0.2) is 0 Å². The minimum absolute atomic E-state index is 0.0605. The van der Waals surface area contributed by atoms with E-state index in [1.54, 1.807) is 23.1 Å². The molecule has 0 aromatic heterocycles. The van der Waals surface area contributed by atoms with Crippen molar-refractivity contribution in [1.29, 1.82) is 0 Å². The monoisotopic (exact) mass is 386 g/mol. The van der Waals surface area contributed by atoms with Gasteiger partial charge in [0.25, 0.3) is 5.91 Å². The van der Waals surface area contributed by atoms with E-state index >= 15 is 0 Å². The molecule has 0 saturated carbocycles. The first-order chi connectivity index (χ1) is 11.8. The molecule has 2 atom stereocenters. The van der Waals surface area contributed by atoms with Crippen LogP contribution >= 0.6 is 11.6 Å². The molecular weight excluding hydrogens is 364 g/mol. The van der Waals surface area contributed by atoms with Crippen molar-refractivity contribution in [2.45, 2.75) is 38.8 Å². The molecule has 138 valence electrons. The molecule has 25 heavy (non-hydrogen) atoms. The zero-order chi connectivity index (χ0) is 18.2. The summed E-state index contributed by atoms with van der Waals surface area (Å²) < 4.78 is 31.5. The maximum atomic E-state index is 13.1. The summed E-state index contributed by atoms with van der Waals surface area (Å²) in [7, 11) is -3.33. The molecule has 2 unspecified atom stereocenters. The minimum atomic E-state index is -3.33. The Bertz CT molecular complexity index is 758. The first kappa shape index (κ1) is 18.5. The Labute approximate surface area is 153 Å². The van der Waals surface area contributed by atoms with Crippen molar-refractivity contribution in [2.24, 2.45) is 0 Å². The van der Waals surface area contributed by atoms with Gasteiger partial charge in [-0.3, -0.25) is 9.10 Å². The molecule has 8 heteroatoms. The first-order valence-corrected chi connectivity index (χ1v) is 10.5. The Morgan fingerprint density at radius 3 is 2.52 bits per heavy atom. The van der Waals surface area contributed by atoms with Crippen LogP contribution in [-0.4, -0.2) is 56.8 Å². The number of carbonyl (C=O) groups is 1. The smallest absolute Gasteiger partial charge is 0.256 e. The van der Waals surface area contributed by atoms with Crippen molar-refractivity contribution in [2.75, 3.05) is 29.8 Å². The highest BCUT2D eigenvalue weighted by Crippen LogP contribution is 2.30. The maximum absolute atomic E-state index is 13.1. The van der Waals surface area contributed by atoms with Gasteiger partial charge in [0.2, 0.25) is 10.0 Å². The molecule has 2 aliphatic heterocycles. The number of anilines is 1. The van der Waals surface area contributed by atoms with Gasteiger partial charge in [-0.25, -0.2) is 8.42 Å². The predicted octanol–water partition coefficient (Wildman–Crippen LogP) is 2.52. The zero-order valence-electron chi connectivity index (χ0n) is 14.4. The second-order valence-electron chi connectivity index (χ2n) is 6.71. The Hall–Kier alpha value is -1.31.